The van der Waals surface area contributed by atoms with Gasteiger partial charge in [-0.15, -0.1) is 16.4 Å². The van der Waals surface area contributed by atoms with Crippen LogP contribution in [0.2, 0.25) is 0 Å². The molecular weight excluding hydrogens is 260 g/mol. The van der Waals surface area contributed by atoms with E-state index < -0.39 is 0 Å². The Morgan fingerprint density at radius 1 is 1.26 bits per heavy atom. The highest BCUT2D eigenvalue weighted by atomic mass is 32.1. The van der Waals surface area contributed by atoms with Gasteiger partial charge in [0.05, 0.1) is 17.2 Å². The molecular formula is C12H12N6S. The molecule has 0 spiro atoms. The normalized spacial score (nSPS) is 10.6. The van der Waals surface area contributed by atoms with Crippen molar-refractivity contribution < 1.29 is 0 Å². The molecule has 0 saturated heterocycles. The van der Waals surface area contributed by atoms with Crippen LogP contribution in [0.4, 0.5) is 5.69 Å². The third kappa shape index (κ3) is 2.76. The summed E-state index contributed by atoms with van der Waals surface area (Å²) in [5, 5.41) is 15.5. The Morgan fingerprint density at radius 2 is 2.11 bits per heavy atom. The molecule has 0 amide bonds. The molecule has 19 heavy (non-hydrogen) atoms. The van der Waals surface area contributed by atoms with Crippen molar-refractivity contribution in [3.63, 3.8) is 0 Å². The van der Waals surface area contributed by atoms with Gasteiger partial charge in [-0.3, -0.25) is 0 Å². The van der Waals surface area contributed by atoms with Crippen molar-refractivity contribution >= 4 is 17.0 Å². The van der Waals surface area contributed by atoms with E-state index in [9.17, 15) is 0 Å². The van der Waals surface area contributed by atoms with Crippen LogP contribution < -0.4 is 5.32 Å². The summed E-state index contributed by atoms with van der Waals surface area (Å²) in [5.41, 5.74) is 1.99. The zero-order chi connectivity index (χ0) is 13.1. The van der Waals surface area contributed by atoms with Gasteiger partial charge in [-0.1, -0.05) is 0 Å². The molecule has 3 rings (SSSR count). The SMILES string of the molecule is Cc1ncc(CNc2ccc(-n3cnnn3)cc2)s1. The molecule has 1 N–H and O–H groups in total. The predicted molar refractivity (Wildman–Crippen MR) is 73.3 cm³/mol. The van der Waals surface area contributed by atoms with Crippen molar-refractivity contribution in [2.24, 2.45) is 0 Å². The Labute approximate surface area is 114 Å². The number of anilines is 1. The summed E-state index contributed by atoms with van der Waals surface area (Å²) in [4.78, 5) is 5.45. The number of nitrogens with one attached hydrogen (secondary N) is 1. The van der Waals surface area contributed by atoms with Crippen molar-refractivity contribution in [1.82, 2.24) is 25.2 Å². The predicted octanol–water partition coefficient (Wildman–Crippen LogP) is 2.04. The van der Waals surface area contributed by atoms with Crippen LogP contribution in [0, 0.1) is 6.92 Å². The molecule has 0 aliphatic heterocycles. The number of thiazole rings is 1. The van der Waals surface area contributed by atoms with Crippen LogP contribution in [0.15, 0.2) is 36.8 Å². The fourth-order valence-corrected chi connectivity index (χ4v) is 2.42. The highest BCUT2D eigenvalue weighted by Crippen LogP contribution is 2.16. The quantitative estimate of drug-likeness (QED) is 0.787. The van der Waals surface area contributed by atoms with Gasteiger partial charge in [0, 0.05) is 16.8 Å². The molecule has 7 heteroatoms. The topological polar surface area (TPSA) is 68.5 Å². The van der Waals surface area contributed by atoms with Crippen molar-refractivity contribution in [3.8, 4) is 5.69 Å². The van der Waals surface area contributed by atoms with E-state index >= 15 is 0 Å². The molecule has 3 aromatic rings. The molecule has 0 aliphatic rings. The summed E-state index contributed by atoms with van der Waals surface area (Å²) in [5.74, 6) is 0. The zero-order valence-electron chi connectivity index (χ0n) is 10.3. The minimum absolute atomic E-state index is 0.787. The van der Waals surface area contributed by atoms with Gasteiger partial charge in [0.25, 0.3) is 0 Å². The highest BCUT2D eigenvalue weighted by molar-refractivity contribution is 7.11. The first-order chi connectivity index (χ1) is 9.31. The first-order valence-corrected chi connectivity index (χ1v) is 6.61. The van der Waals surface area contributed by atoms with Gasteiger partial charge in [-0.2, -0.15) is 0 Å². The molecule has 2 heterocycles. The van der Waals surface area contributed by atoms with Crippen LogP contribution in [0.5, 0.6) is 0 Å². The fourth-order valence-electron chi connectivity index (χ4n) is 1.69. The van der Waals surface area contributed by atoms with Gasteiger partial charge < -0.3 is 5.32 Å². The first kappa shape index (κ1) is 11.8. The van der Waals surface area contributed by atoms with E-state index in [-0.39, 0.29) is 0 Å². The summed E-state index contributed by atoms with van der Waals surface area (Å²) >= 11 is 1.70. The smallest absolute Gasteiger partial charge is 0.143 e. The molecule has 0 saturated carbocycles. The van der Waals surface area contributed by atoms with Crippen LogP contribution in [0.3, 0.4) is 0 Å². The van der Waals surface area contributed by atoms with E-state index in [1.165, 1.54) is 4.88 Å². The van der Waals surface area contributed by atoms with Crippen molar-refractivity contribution in [1.29, 1.82) is 0 Å². The molecule has 0 aliphatic carbocycles. The van der Waals surface area contributed by atoms with Crippen LogP contribution >= 0.6 is 11.3 Å². The Hall–Kier alpha value is -2.28. The average Bonchev–Trinajstić information content (AvgIpc) is 3.08. The molecule has 0 unspecified atom stereocenters. The molecule has 1 aromatic carbocycles. The summed E-state index contributed by atoms with van der Waals surface area (Å²) in [6.07, 6.45) is 3.48. The van der Waals surface area contributed by atoms with E-state index in [0.29, 0.717) is 0 Å². The fraction of sp³-hybridized carbons (Fsp3) is 0.167. The molecule has 0 bridgehead atoms. The largest absolute Gasteiger partial charge is 0.380 e. The van der Waals surface area contributed by atoms with E-state index in [2.05, 4.69) is 25.8 Å². The number of hydrogen-bond acceptors (Lipinski definition) is 6. The number of nitrogens with zero attached hydrogens (tertiary/aromatic N) is 5. The summed E-state index contributed by atoms with van der Waals surface area (Å²) in [6.45, 7) is 2.80. The lowest BCUT2D eigenvalue weighted by molar-refractivity contribution is 0.789. The second-order valence-electron chi connectivity index (χ2n) is 4.00. The standard InChI is InChI=1S/C12H12N6S/c1-9-13-6-12(19-9)7-14-10-2-4-11(5-3-10)18-8-15-16-17-18/h2-6,8,14H,7H2,1H3. The second-order valence-corrected chi connectivity index (χ2v) is 5.32. The number of aryl methyl sites for hydroxylation is 1. The summed E-state index contributed by atoms with van der Waals surface area (Å²) in [7, 11) is 0. The summed E-state index contributed by atoms with van der Waals surface area (Å²) < 4.78 is 1.62. The van der Waals surface area contributed by atoms with E-state index in [4.69, 9.17) is 0 Å². The van der Waals surface area contributed by atoms with Crippen LogP contribution in [-0.4, -0.2) is 25.2 Å². The Bertz CT molecular complexity index is 643. The molecule has 0 atom stereocenters. The maximum Gasteiger partial charge on any atom is 0.143 e. The van der Waals surface area contributed by atoms with Crippen molar-refractivity contribution in [3.05, 3.63) is 46.7 Å². The molecule has 96 valence electrons. The number of aromatic nitrogens is 5. The molecule has 0 radical (unpaired) electrons. The Balaban J connectivity index is 1.66. The van der Waals surface area contributed by atoms with Gasteiger partial charge in [0.1, 0.15) is 6.33 Å². The lowest BCUT2D eigenvalue weighted by atomic mass is 10.3. The highest BCUT2D eigenvalue weighted by Gasteiger charge is 2.00. The number of benzene rings is 1. The van der Waals surface area contributed by atoms with E-state index in [1.807, 2.05) is 37.4 Å². The molecule has 6 nitrogen and oxygen atoms in total. The van der Waals surface area contributed by atoms with Gasteiger partial charge >= 0.3 is 0 Å². The third-order valence-corrected chi connectivity index (χ3v) is 3.53. The third-order valence-electron chi connectivity index (χ3n) is 2.62. The van der Waals surface area contributed by atoms with Gasteiger partial charge in [-0.25, -0.2) is 9.67 Å². The maximum absolute atomic E-state index is 4.23. The molecule has 0 fully saturated rings. The second kappa shape index (κ2) is 5.15. The minimum atomic E-state index is 0.787. The first-order valence-electron chi connectivity index (χ1n) is 5.80. The van der Waals surface area contributed by atoms with Crippen molar-refractivity contribution in [2.45, 2.75) is 13.5 Å². The monoisotopic (exact) mass is 272 g/mol. The number of hydrogen-bond donors (Lipinski definition) is 1. The molecule has 2 aromatic heterocycles. The van der Waals surface area contributed by atoms with Crippen LogP contribution in [-0.2, 0) is 6.54 Å². The van der Waals surface area contributed by atoms with Gasteiger partial charge in [-0.05, 0) is 41.6 Å². The Morgan fingerprint density at radius 3 is 2.74 bits per heavy atom. The lowest BCUT2D eigenvalue weighted by Crippen LogP contribution is -1.99. The van der Waals surface area contributed by atoms with Gasteiger partial charge in [0.15, 0.2) is 0 Å². The Kier molecular flexibility index (Phi) is 3.20. The van der Waals surface area contributed by atoms with E-state index in [0.717, 1.165) is 22.9 Å². The van der Waals surface area contributed by atoms with Crippen LogP contribution in [0.1, 0.15) is 9.88 Å². The average molecular weight is 272 g/mol. The van der Waals surface area contributed by atoms with Crippen LogP contribution in [0.25, 0.3) is 5.69 Å². The zero-order valence-corrected chi connectivity index (χ0v) is 11.1. The lowest BCUT2D eigenvalue weighted by Gasteiger charge is -2.05. The minimum Gasteiger partial charge on any atom is -0.380 e. The van der Waals surface area contributed by atoms with Crippen molar-refractivity contribution in [2.75, 3.05) is 5.32 Å². The maximum atomic E-state index is 4.23. The summed E-state index contributed by atoms with van der Waals surface area (Å²) in [6, 6.07) is 7.95. The number of rotatable bonds is 4. The van der Waals surface area contributed by atoms with E-state index in [1.54, 1.807) is 22.3 Å². The number of tetrazole rings is 1. The van der Waals surface area contributed by atoms with Gasteiger partial charge in [0.2, 0.25) is 0 Å².